The maximum absolute atomic E-state index is 5.79. The van der Waals surface area contributed by atoms with E-state index in [9.17, 15) is 0 Å². The Bertz CT molecular complexity index is 458. The number of anilines is 1. The molecule has 0 aliphatic rings. The quantitative estimate of drug-likeness (QED) is 0.783. The molecule has 0 saturated carbocycles. The second-order valence-electron chi connectivity index (χ2n) is 3.44. The molecule has 0 aliphatic carbocycles. The van der Waals surface area contributed by atoms with Crippen molar-refractivity contribution >= 4 is 16.9 Å². The van der Waals surface area contributed by atoms with E-state index in [4.69, 9.17) is 10.5 Å². The standard InChI is InChI=1S/C9H15N5O/c1-3-4-14-9-7(8(10)11-12-9)6(13-14)5-15-2/h3-5H2,1-2H3,(H3,10,11,12). The average Bonchev–Trinajstić information content (AvgIpc) is 2.72. The molecule has 6 heteroatoms. The SMILES string of the molecule is CCCn1nc(COC)c2c(N)[nH]nc21. The van der Waals surface area contributed by atoms with Gasteiger partial charge in [0.05, 0.1) is 12.0 Å². The molecule has 2 heterocycles. The molecule has 15 heavy (non-hydrogen) atoms. The minimum Gasteiger partial charge on any atom is -0.383 e. The third-order valence-electron chi connectivity index (χ3n) is 2.27. The molecule has 0 amide bonds. The van der Waals surface area contributed by atoms with E-state index in [1.165, 1.54) is 0 Å². The van der Waals surface area contributed by atoms with Crippen LogP contribution in [0.5, 0.6) is 0 Å². The Morgan fingerprint density at radius 1 is 1.53 bits per heavy atom. The lowest BCUT2D eigenvalue weighted by molar-refractivity contribution is 0.181. The number of hydrogen-bond donors (Lipinski definition) is 2. The first kappa shape index (κ1) is 9.97. The number of aromatic amines is 1. The van der Waals surface area contributed by atoms with Gasteiger partial charge >= 0.3 is 0 Å². The summed E-state index contributed by atoms with van der Waals surface area (Å²) in [6.45, 7) is 3.39. The van der Waals surface area contributed by atoms with Gasteiger partial charge in [0.25, 0.3) is 0 Å². The minimum atomic E-state index is 0.455. The number of methoxy groups -OCH3 is 1. The van der Waals surface area contributed by atoms with Crippen LogP contribution in [0.4, 0.5) is 5.82 Å². The number of nitrogens with two attached hydrogens (primary N) is 1. The van der Waals surface area contributed by atoms with Crippen molar-refractivity contribution in [1.82, 2.24) is 20.0 Å². The summed E-state index contributed by atoms with van der Waals surface area (Å²) in [4.78, 5) is 0. The van der Waals surface area contributed by atoms with E-state index in [-0.39, 0.29) is 0 Å². The van der Waals surface area contributed by atoms with E-state index in [0.29, 0.717) is 12.4 Å². The Morgan fingerprint density at radius 2 is 2.33 bits per heavy atom. The lowest BCUT2D eigenvalue weighted by Crippen LogP contribution is -2.01. The first-order valence-corrected chi connectivity index (χ1v) is 4.96. The van der Waals surface area contributed by atoms with Gasteiger partial charge in [-0.05, 0) is 6.42 Å². The van der Waals surface area contributed by atoms with Crippen molar-refractivity contribution < 1.29 is 4.74 Å². The van der Waals surface area contributed by atoms with Gasteiger partial charge in [0.15, 0.2) is 5.65 Å². The number of H-pyrrole nitrogens is 1. The number of nitrogens with zero attached hydrogens (tertiary/aromatic N) is 3. The lowest BCUT2D eigenvalue weighted by Gasteiger charge is -1.97. The highest BCUT2D eigenvalue weighted by Gasteiger charge is 2.15. The smallest absolute Gasteiger partial charge is 0.182 e. The van der Waals surface area contributed by atoms with E-state index in [1.54, 1.807) is 7.11 Å². The Labute approximate surface area is 87.4 Å². The summed E-state index contributed by atoms with van der Waals surface area (Å²) in [5.41, 5.74) is 7.44. The molecular formula is C9H15N5O. The minimum absolute atomic E-state index is 0.455. The number of ether oxygens (including phenoxy) is 1. The molecule has 0 bridgehead atoms. The molecule has 3 N–H and O–H groups in total. The Balaban J connectivity index is 2.54. The molecule has 2 aromatic rings. The van der Waals surface area contributed by atoms with Crippen LogP contribution < -0.4 is 5.73 Å². The van der Waals surface area contributed by atoms with E-state index in [2.05, 4.69) is 22.2 Å². The van der Waals surface area contributed by atoms with Gasteiger partial charge in [0.2, 0.25) is 0 Å². The molecule has 2 aromatic heterocycles. The number of nitrogen functional groups attached to an aromatic ring is 1. The zero-order valence-corrected chi connectivity index (χ0v) is 8.95. The third-order valence-corrected chi connectivity index (χ3v) is 2.27. The fourth-order valence-corrected chi connectivity index (χ4v) is 1.67. The van der Waals surface area contributed by atoms with E-state index < -0.39 is 0 Å². The molecule has 0 radical (unpaired) electrons. The van der Waals surface area contributed by atoms with Crippen LogP contribution in [0.3, 0.4) is 0 Å². The third kappa shape index (κ3) is 1.56. The number of aryl methyl sites for hydroxylation is 1. The van der Waals surface area contributed by atoms with Crippen molar-refractivity contribution in [2.75, 3.05) is 12.8 Å². The first-order valence-electron chi connectivity index (χ1n) is 4.96. The predicted molar refractivity (Wildman–Crippen MR) is 57.3 cm³/mol. The second kappa shape index (κ2) is 3.90. The zero-order chi connectivity index (χ0) is 10.8. The molecule has 0 saturated heterocycles. The van der Waals surface area contributed by atoms with Crippen LogP contribution in [-0.2, 0) is 17.9 Å². The Kier molecular flexibility index (Phi) is 2.59. The van der Waals surface area contributed by atoms with Gasteiger partial charge in [-0.3, -0.25) is 5.10 Å². The molecule has 0 unspecified atom stereocenters. The molecular weight excluding hydrogens is 194 g/mol. The second-order valence-corrected chi connectivity index (χ2v) is 3.44. The summed E-state index contributed by atoms with van der Waals surface area (Å²) in [6.07, 6.45) is 1.01. The maximum Gasteiger partial charge on any atom is 0.182 e. The fraction of sp³-hybridized carbons (Fsp3) is 0.556. The van der Waals surface area contributed by atoms with Crippen molar-refractivity contribution in [2.24, 2.45) is 0 Å². The largest absolute Gasteiger partial charge is 0.383 e. The number of nitrogens with one attached hydrogen (secondary N) is 1. The van der Waals surface area contributed by atoms with Crippen molar-refractivity contribution in [3.63, 3.8) is 0 Å². The molecule has 0 aromatic carbocycles. The van der Waals surface area contributed by atoms with Crippen LogP contribution >= 0.6 is 0 Å². The van der Waals surface area contributed by atoms with Crippen LogP contribution in [0.2, 0.25) is 0 Å². The number of rotatable bonds is 4. The number of fused-ring (bicyclic) bond motifs is 1. The summed E-state index contributed by atoms with van der Waals surface area (Å²) in [5, 5.41) is 12.2. The summed E-state index contributed by atoms with van der Waals surface area (Å²) in [5.74, 6) is 0.555. The van der Waals surface area contributed by atoms with E-state index in [1.807, 2.05) is 4.68 Å². The molecule has 0 fully saturated rings. The van der Waals surface area contributed by atoms with Crippen LogP contribution in [0.15, 0.2) is 0 Å². The van der Waals surface area contributed by atoms with Gasteiger partial charge in [0.1, 0.15) is 11.5 Å². The van der Waals surface area contributed by atoms with Gasteiger partial charge < -0.3 is 10.5 Å². The highest BCUT2D eigenvalue weighted by atomic mass is 16.5. The molecule has 0 atom stereocenters. The van der Waals surface area contributed by atoms with Crippen LogP contribution in [0.25, 0.3) is 11.0 Å². The van der Waals surface area contributed by atoms with Gasteiger partial charge in [-0.25, -0.2) is 4.68 Å². The molecule has 0 spiro atoms. The lowest BCUT2D eigenvalue weighted by atomic mass is 10.3. The number of aromatic nitrogens is 4. The Morgan fingerprint density at radius 3 is 3.00 bits per heavy atom. The molecule has 6 nitrogen and oxygen atoms in total. The van der Waals surface area contributed by atoms with Crippen LogP contribution in [0, 0.1) is 0 Å². The van der Waals surface area contributed by atoms with Gasteiger partial charge in [-0.2, -0.15) is 10.2 Å². The topological polar surface area (TPSA) is 81.8 Å². The molecule has 82 valence electrons. The summed E-state index contributed by atoms with van der Waals surface area (Å²) in [6, 6.07) is 0. The first-order chi connectivity index (χ1) is 7.27. The van der Waals surface area contributed by atoms with E-state index >= 15 is 0 Å². The highest BCUT2D eigenvalue weighted by Crippen LogP contribution is 2.22. The Hall–Kier alpha value is -1.56. The summed E-state index contributed by atoms with van der Waals surface area (Å²) < 4.78 is 6.94. The zero-order valence-electron chi connectivity index (χ0n) is 8.95. The molecule has 2 rings (SSSR count). The fourth-order valence-electron chi connectivity index (χ4n) is 1.67. The summed E-state index contributed by atoms with van der Waals surface area (Å²) >= 11 is 0. The van der Waals surface area contributed by atoms with Gasteiger partial charge in [-0.15, -0.1) is 0 Å². The monoisotopic (exact) mass is 209 g/mol. The normalized spacial score (nSPS) is 11.3. The van der Waals surface area contributed by atoms with Crippen molar-refractivity contribution in [3.05, 3.63) is 5.69 Å². The highest BCUT2D eigenvalue weighted by molar-refractivity contribution is 5.88. The molecule has 0 aliphatic heterocycles. The van der Waals surface area contributed by atoms with Crippen LogP contribution in [0.1, 0.15) is 19.0 Å². The van der Waals surface area contributed by atoms with Crippen molar-refractivity contribution in [1.29, 1.82) is 0 Å². The van der Waals surface area contributed by atoms with Crippen molar-refractivity contribution in [3.8, 4) is 0 Å². The van der Waals surface area contributed by atoms with E-state index in [0.717, 1.165) is 29.7 Å². The van der Waals surface area contributed by atoms with Crippen molar-refractivity contribution in [2.45, 2.75) is 26.5 Å². The summed E-state index contributed by atoms with van der Waals surface area (Å²) in [7, 11) is 1.64. The predicted octanol–water partition coefficient (Wildman–Crippen LogP) is 0.898. The number of hydrogen-bond acceptors (Lipinski definition) is 4. The van der Waals surface area contributed by atoms with Gasteiger partial charge in [0, 0.05) is 13.7 Å². The maximum atomic E-state index is 5.79. The van der Waals surface area contributed by atoms with Gasteiger partial charge in [-0.1, -0.05) is 6.92 Å². The van der Waals surface area contributed by atoms with Crippen LogP contribution in [-0.4, -0.2) is 27.1 Å². The average molecular weight is 209 g/mol.